The molecule has 6 heteroatoms. The second-order valence-corrected chi connectivity index (χ2v) is 4.54. The molecular weight excluding hydrogens is 314 g/mol. The van der Waals surface area contributed by atoms with Crippen LogP contribution in [0.4, 0.5) is 5.69 Å². The summed E-state index contributed by atoms with van der Waals surface area (Å²) in [7, 11) is 1.48. The zero-order chi connectivity index (χ0) is 14.0. The third-order valence-corrected chi connectivity index (χ3v) is 3.18. The molecule has 0 spiro atoms. The zero-order valence-electron chi connectivity index (χ0n) is 10.5. The van der Waals surface area contributed by atoms with E-state index in [1.54, 1.807) is 12.1 Å². The van der Waals surface area contributed by atoms with E-state index in [2.05, 4.69) is 21.2 Å². The minimum Gasteiger partial charge on any atom is -0.494 e. The lowest BCUT2D eigenvalue weighted by molar-refractivity contribution is -0.113. The highest BCUT2D eigenvalue weighted by molar-refractivity contribution is 9.09. The van der Waals surface area contributed by atoms with Crippen molar-refractivity contribution < 1.29 is 13.9 Å². The van der Waals surface area contributed by atoms with Crippen molar-refractivity contribution in [2.24, 2.45) is 0 Å². The van der Waals surface area contributed by atoms with E-state index in [4.69, 9.17) is 9.15 Å². The first-order valence-corrected chi connectivity index (χ1v) is 6.65. The van der Waals surface area contributed by atoms with Crippen LogP contribution in [0.1, 0.15) is 5.56 Å². The number of nitrogens with one attached hydrogen (secondary N) is 1. The smallest absolute Gasteiger partial charge is 0.336 e. The minimum absolute atomic E-state index is 0.187. The van der Waals surface area contributed by atoms with Crippen LogP contribution in [0.2, 0.25) is 0 Å². The first-order chi connectivity index (χ1) is 9.05. The Kier molecular flexibility index (Phi) is 3.90. The van der Waals surface area contributed by atoms with Crippen LogP contribution in [0.3, 0.4) is 0 Å². The predicted octanol–water partition coefficient (Wildman–Crippen LogP) is 2.44. The number of carbonyl (C=O) groups excluding carboxylic acids is 1. The molecule has 0 saturated carbocycles. The van der Waals surface area contributed by atoms with E-state index in [1.807, 2.05) is 6.92 Å². The molecule has 0 aliphatic carbocycles. The lowest BCUT2D eigenvalue weighted by atomic mass is 10.1. The van der Waals surface area contributed by atoms with Crippen LogP contribution in [0, 0.1) is 6.92 Å². The summed E-state index contributed by atoms with van der Waals surface area (Å²) >= 11 is 3.08. The highest BCUT2D eigenvalue weighted by Gasteiger charge is 2.11. The maximum atomic E-state index is 11.4. The summed E-state index contributed by atoms with van der Waals surface area (Å²) < 4.78 is 10.3. The Bertz CT molecular complexity index is 693. The van der Waals surface area contributed by atoms with E-state index in [-0.39, 0.29) is 11.2 Å². The molecule has 5 nitrogen and oxygen atoms in total. The van der Waals surface area contributed by atoms with Gasteiger partial charge in [-0.25, -0.2) is 4.79 Å². The Morgan fingerprint density at radius 3 is 2.79 bits per heavy atom. The van der Waals surface area contributed by atoms with Crippen LogP contribution in [-0.4, -0.2) is 18.3 Å². The number of aryl methyl sites for hydroxylation is 1. The fourth-order valence-corrected chi connectivity index (χ4v) is 1.94. The van der Waals surface area contributed by atoms with Crippen LogP contribution in [0.5, 0.6) is 5.75 Å². The van der Waals surface area contributed by atoms with Gasteiger partial charge in [0.25, 0.3) is 0 Å². The summed E-state index contributed by atoms with van der Waals surface area (Å²) in [5.41, 5.74) is 1.34. The number of anilines is 1. The fraction of sp³-hybridized carbons (Fsp3) is 0.231. The quantitative estimate of drug-likeness (QED) is 0.695. The molecule has 0 aliphatic rings. The van der Waals surface area contributed by atoms with Crippen molar-refractivity contribution in [1.82, 2.24) is 0 Å². The average Bonchev–Trinajstić information content (AvgIpc) is 2.38. The van der Waals surface area contributed by atoms with Crippen LogP contribution in [0.25, 0.3) is 11.0 Å². The van der Waals surface area contributed by atoms with Gasteiger partial charge in [0.1, 0.15) is 11.3 Å². The Morgan fingerprint density at radius 2 is 2.16 bits per heavy atom. The lowest BCUT2D eigenvalue weighted by Gasteiger charge is -2.11. The molecule has 2 aromatic rings. The molecule has 100 valence electrons. The third-order valence-electron chi connectivity index (χ3n) is 2.67. The Morgan fingerprint density at radius 1 is 1.42 bits per heavy atom. The maximum absolute atomic E-state index is 11.4. The molecule has 0 unspecified atom stereocenters. The number of halogens is 1. The molecule has 0 bridgehead atoms. The van der Waals surface area contributed by atoms with Gasteiger partial charge in [-0.15, -0.1) is 0 Å². The van der Waals surface area contributed by atoms with Gasteiger partial charge < -0.3 is 14.5 Å². The van der Waals surface area contributed by atoms with Crippen molar-refractivity contribution in [2.45, 2.75) is 6.92 Å². The standard InChI is InChI=1S/C13H12BrNO4/c1-7-3-13(17)19-10-5-11(18-2)9(4-8(7)10)15-12(16)6-14/h3-5H,6H2,1-2H3,(H,15,16). The second kappa shape index (κ2) is 5.44. The van der Waals surface area contributed by atoms with Crippen LogP contribution < -0.4 is 15.7 Å². The second-order valence-electron chi connectivity index (χ2n) is 3.98. The fourth-order valence-electron chi connectivity index (χ4n) is 1.80. The predicted molar refractivity (Wildman–Crippen MR) is 76.2 cm³/mol. The summed E-state index contributed by atoms with van der Waals surface area (Å²) in [6.45, 7) is 1.81. The highest BCUT2D eigenvalue weighted by atomic mass is 79.9. The van der Waals surface area contributed by atoms with E-state index in [0.717, 1.165) is 10.9 Å². The summed E-state index contributed by atoms with van der Waals surface area (Å²) in [6.07, 6.45) is 0. The van der Waals surface area contributed by atoms with Crippen LogP contribution >= 0.6 is 15.9 Å². The molecule has 0 aliphatic heterocycles. The van der Waals surface area contributed by atoms with Crippen molar-refractivity contribution in [3.05, 3.63) is 34.2 Å². The molecule has 0 saturated heterocycles. The number of amides is 1. The van der Waals surface area contributed by atoms with Gasteiger partial charge in [-0.1, -0.05) is 15.9 Å². The number of hydrogen-bond acceptors (Lipinski definition) is 4. The topological polar surface area (TPSA) is 68.5 Å². The number of methoxy groups -OCH3 is 1. The van der Waals surface area contributed by atoms with Gasteiger partial charge in [0, 0.05) is 17.5 Å². The van der Waals surface area contributed by atoms with Crippen LogP contribution in [-0.2, 0) is 4.79 Å². The monoisotopic (exact) mass is 325 g/mol. The van der Waals surface area contributed by atoms with Gasteiger partial charge >= 0.3 is 5.63 Å². The maximum Gasteiger partial charge on any atom is 0.336 e. The van der Waals surface area contributed by atoms with Crippen molar-refractivity contribution in [2.75, 3.05) is 17.8 Å². The molecule has 2 rings (SSSR count). The molecule has 0 atom stereocenters. The number of carbonyl (C=O) groups is 1. The van der Waals surface area contributed by atoms with E-state index in [9.17, 15) is 9.59 Å². The van der Waals surface area contributed by atoms with Gasteiger partial charge in [0.2, 0.25) is 5.91 Å². The van der Waals surface area contributed by atoms with Gasteiger partial charge in [-0.2, -0.15) is 0 Å². The van der Waals surface area contributed by atoms with E-state index in [0.29, 0.717) is 17.0 Å². The van der Waals surface area contributed by atoms with Crippen LogP contribution in [0.15, 0.2) is 27.4 Å². The molecule has 1 aromatic carbocycles. The molecule has 1 aromatic heterocycles. The lowest BCUT2D eigenvalue weighted by Crippen LogP contribution is -2.13. The molecule has 1 N–H and O–H groups in total. The third kappa shape index (κ3) is 2.78. The van der Waals surface area contributed by atoms with Crippen molar-refractivity contribution in [3.8, 4) is 5.75 Å². The normalized spacial score (nSPS) is 10.5. The van der Waals surface area contributed by atoms with Crippen molar-refractivity contribution >= 4 is 38.5 Å². The Labute approximate surface area is 117 Å². The van der Waals surface area contributed by atoms with Crippen molar-refractivity contribution in [3.63, 3.8) is 0 Å². The summed E-state index contributed by atoms with van der Waals surface area (Å²) in [5, 5.41) is 3.66. The van der Waals surface area contributed by atoms with Crippen molar-refractivity contribution in [1.29, 1.82) is 0 Å². The largest absolute Gasteiger partial charge is 0.494 e. The van der Waals surface area contributed by atoms with Gasteiger partial charge in [0.05, 0.1) is 18.1 Å². The number of fused-ring (bicyclic) bond motifs is 1. The number of alkyl halides is 1. The molecule has 1 heterocycles. The van der Waals surface area contributed by atoms with Gasteiger partial charge in [-0.05, 0) is 18.6 Å². The highest BCUT2D eigenvalue weighted by Crippen LogP contribution is 2.31. The van der Waals surface area contributed by atoms with Gasteiger partial charge in [-0.3, -0.25) is 4.79 Å². The first-order valence-electron chi connectivity index (χ1n) is 5.53. The number of hydrogen-bond donors (Lipinski definition) is 1. The first kappa shape index (κ1) is 13.6. The minimum atomic E-state index is -0.413. The average molecular weight is 326 g/mol. The number of ether oxygens (including phenoxy) is 1. The van der Waals surface area contributed by atoms with E-state index in [1.165, 1.54) is 13.2 Å². The molecule has 0 fully saturated rings. The summed E-state index contributed by atoms with van der Waals surface area (Å²) in [5.74, 6) is 0.253. The van der Waals surface area contributed by atoms with E-state index >= 15 is 0 Å². The number of rotatable bonds is 3. The zero-order valence-corrected chi connectivity index (χ0v) is 12.0. The molecule has 1 amide bonds. The van der Waals surface area contributed by atoms with E-state index < -0.39 is 5.63 Å². The molecule has 19 heavy (non-hydrogen) atoms. The SMILES string of the molecule is COc1cc2oc(=O)cc(C)c2cc1NC(=O)CBr. The molecular formula is C13H12BrNO4. The summed E-state index contributed by atoms with van der Waals surface area (Å²) in [4.78, 5) is 22.8. The molecule has 0 radical (unpaired) electrons. The number of benzene rings is 1. The van der Waals surface area contributed by atoms with Gasteiger partial charge in [0.15, 0.2) is 0 Å². The Hall–Kier alpha value is -1.82. The Balaban J connectivity index is 2.64. The summed E-state index contributed by atoms with van der Waals surface area (Å²) in [6, 6.07) is 4.73.